The van der Waals surface area contributed by atoms with E-state index in [9.17, 15) is 22.8 Å². The standard InChI is InChI=1S/C20H25F3N4O3/c1-12(2)17(25)19(29)27-7-3-4-15(11-27)18(28)26-10-14-6-5-13(9-24)8-16(14)30-20(21,22)23/h5-6,8,12,15,17H,3-4,7,10-11,25H2,1-2H3,(H,26,28). The third-order valence-corrected chi connectivity index (χ3v) is 4.98. The van der Waals surface area contributed by atoms with Crippen LogP contribution in [0.25, 0.3) is 0 Å². The van der Waals surface area contributed by atoms with Crippen molar-refractivity contribution in [2.24, 2.45) is 17.6 Å². The molecule has 7 nitrogen and oxygen atoms in total. The molecule has 3 N–H and O–H groups in total. The number of hydrogen-bond donors (Lipinski definition) is 2. The van der Waals surface area contributed by atoms with Crippen LogP contribution in [0.4, 0.5) is 13.2 Å². The number of halogens is 3. The molecule has 2 rings (SSSR count). The van der Waals surface area contributed by atoms with Crippen molar-refractivity contribution in [1.82, 2.24) is 10.2 Å². The summed E-state index contributed by atoms with van der Waals surface area (Å²) in [5, 5.41) is 11.5. The molecule has 1 aliphatic rings. The average molecular weight is 426 g/mol. The van der Waals surface area contributed by atoms with Gasteiger partial charge in [-0.05, 0) is 30.9 Å². The molecule has 1 heterocycles. The predicted molar refractivity (Wildman–Crippen MR) is 102 cm³/mol. The van der Waals surface area contributed by atoms with Crippen molar-refractivity contribution >= 4 is 11.8 Å². The van der Waals surface area contributed by atoms with Gasteiger partial charge in [-0.3, -0.25) is 9.59 Å². The van der Waals surface area contributed by atoms with Crippen LogP contribution < -0.4 is 15.8 Å². The number of nitriles is 1. The van der Waals surface area contributed by atoms with Crippen molar-refractivity contribution in [3.05, 3.63) is 29.3 Å². The van der Waals surface area contributed by atoms with Gasteiger partial charge >= 0.3 is 6.36 Å². The molecule has 1 aromatic rings. The lowest BCUT2D eigenvalue weighted by atomic mass is 9.95. The number of carbonyl (C=O) groups is 2. The predicted octanol–water partition coefficient (Wildman–Crippen LogP) is 2.29. The molecule has 0 aliphatic carbocycles. The Hall–Kier alpha value is -2.80. The first-order chi connectivity index (χ1) is 14.0. The van der Waals surface area contributed by atoms with E-state index in [2.05, 4.69) is 10.1 Å². The van der Waals surface area contributed by atoms with Crippen LogP contribution in [0.3, 0.4) is 0 Å². The van der Waals surface area contributed by atoms with Crippen LogP contribution in [0.5, 0.6) is 5.75 Å². The van der Waals surface area contributed by atoms with Gasteiger partial charge in [0.25, 0.3) is 0 Å². The normalized spacial score (nSPS) is 17.9. The largest absolute Gasteiger partial charge is 0.573 e. The van der Waals surface area contributed by atoms with Crippen LogP contribution in [0, 0.1) is 23.2 Å². The van der Waals surface area contributed by atoms with Crippen LogP contribution >= 0.6 is 0 Å². The number of rotatable bonds is 6. The first-order valence-electron chi connectivity index (χ1n) is 9.62. The zero-order valence-electron chi connectivity index (χ0n) is 16.8. The third kappa shape index (κ3) is 6.35. The Balaban J connectivity index is 2.03. The summed E-state index contributed by atoms with van der Waals surface area (Å²) in [6, 6.07) is 4.73. The highest BCUT2D eigenvalue weighted by Gasteiger charge is 2.33. The van der Waals surface area contributed by atoms with Gasteiger partial charge in [0.1, 0.15) is 5.75 Å². The first kappa shape index (κ1) is 23.5. The number of carbonyl (C=O) groups excluding carboxylic acids is 2. The quantitative estimate of drug-likeness (QED) is 0.726. The molecule has 2 amide bonds. The summed E-state index contributed by atoms with van der Waals surface area (Å²) < 4.78 is 41.9. The lowest BCUT2D eigenvalue weighted by Crippen LogP contribution is -2.52. The van der Waals surface area contributed by atoms with Crippen molar-refractivity contribution in [2.45, 2.75) is 45.6 Å². The van der Waals surface area contributed by atoms with Crippen molar-refractivity contribution in [3.63, 3.8) is 0 Å². The van der Waals surface area contributed by atoms with E-state index < -0.39 is 24.1 Å². The molecular formula is C20H25F3N4O3. The minimum Gasteiger partial charge on any atom is -0.405 e. The van der Waals surface area contributed by atoms with Gasteiger partial charge in [-0.25, -0.2) is 0 Å². The first-order valence-corrected chi connectivity index (χ1v) is 9.62. The van der Waals surface area contributed by atoms with Crippen LogP contribution in [0.15, 0.2) is 18.2 Å². The number of hydrogen-bond acceptors (Lipinski definition) is 5. The van der Waals surface area contributed by atoms with Crippen LogP contribution in [-0.4, -0.2) is 42.2 Å². The highest BCUT2D eigenvalue weighted by Crippen LogP contribution is 2.28. The minimum absolute atomic E-state index is 0.00672. The maximum absolute atomic E-state index is 12.6. The van der Waals surface area contributed by atoms with Gasteiger partial charge in [0.15, 0.2) is 0 Å². The van der Waals surface area contributed by atoms with Gasteiger partial charge in [-0.15, -0.1) is 13.2 Å². The fourth-order valence-electron chi connectivity index (χ4n) is 3.20. The van der Waals surface area contributed by atoms with Crippen molar-refractivity contribution in [1.29, 1.82) is 5.26 Å². The van der Waals surface area contributed by atoms with E-state index in [4.69, 9.17) is 11.0 Å². The number of nitrogens with one attached hydrogen (secondary N) is 1. The Morgan fingerprint density at radius 1 is 1.40 bits per heavy atom. The second kappa shape index (κ2) is 9.80. The molecule has 0 spiro atoms. The summed E-state index contributed by atoms with van der Waals surface area (Å²) in [4.78, 5) is 26.6. The molecule has 164 valence electrons. The Morgan fingerprint density at radius 3 is 2.70 bits per heavy atom. The van der Waals surface area contributed by atoms with Crippen LogP contribution in [0.2, 0.25) is 0 Å². The number of nitrogens with two attached hydrogens (primary N) is 1. The molecule has 2 unspecified atom stereocenters. The van der Waals surface area contributed by atoms with E-state index in [-0.39, 0.29) is 41.9 Å². The summed E-state index contributed by atoms with van der Waals surface area (Å²) in [5.74, 6) is -1.63. The SMILES string of the molecule is CC(C)C(N)C(=O)N1CCCC(C(=O)NCc2ccc(C#N)cc2OC(F)(F)F)C1. The second-order valence-corrected chi connectivity index (χ2v) is 7.59. The molecule has 0 radical (unpaired) electrons. The fraction of sp³-hybridized carbons (Fsp3) is 0.550. The molecule has 0 aromatic heterocycles. The maximum Gasteiger partial charge on any atom is 0.573 e. The molecule has 1 aromatic carbocycles. The number of benzene rings is 1. The number of nitrogens with zero attached hydrogens (tertiary/aromatic N) is 2. The minimum atomic E-state index is -4.92. The zero-order chi connectivity index (χ0) is 22.5. The third-order valence-electron chi connectivity index (χ3n) is 4.98. The monoisotopic (exact) mass is 426 g/mol. The smallest absolute Gasteiger partial charge is 0.405 e. The molecule has 10 heteroatoms. The molecule has 1 aliphatic heterocycles. The zero-order valence-corrected chi connectivity index (χ0v) is 16.8. The molecule has 2 atom stereocenters. The van der Waals surface area contributed by atoms with E-state index in [1.165, 1.54) is 12.1 Å². The lowest BCUT2D eigenvalue weighted by molar-refractivity contribution is -0.274. The number of amides is 2. The van der Waals surface area contributed by atoms with Gasteiger partial charge < -0.3 is 20.7 Å². The van der Waals surface area contributed by atoms with Gasteiger partial charge in [-0.1, -0.05) is 19.9 Å². The van der Waals surface area contributed by atoms with Crippen LogP contribution in [0.1, 0.15) is 37.8 Å². The molecule has 1 fully saturated rings. The van der Waals surface area contributed by atoms with Gasteiger partial charge in [0.05, 0.1) is 23.6 Å². The van der Waals surface area contributed by atoms with E-state index in [1.807, 2.05) is 13.8 Å². The Kier molecular flexibility index (Phi) is 7.67. The summed E-state index contributed by atoms with van der Waals surface area (Å²) in [6.45, 7) is 4.21. The summed E-state index contributed by atoms with van der Waals surface area (Å²) in [5.41, 5.74) is 6.01. The highest BCUT2D eigenvalue weighted by atomic mass is 19.4. The number of piperidine rings is 1. The lowest BCUT2D eigenvalue weighted by Gasteiger charge is -2.34. The van der Waals surface area contributed by atoms with Gasteiger partial charge in [0.2, 0.25) is 11.8 Å². The molecule has 30 heavy (non-hydrogen) atoms. The average Bonchev–Trinajstić information content (AvgIpc) is 2.70. The number of likely N-dealkylation sites (tertiary alicyclic amines) is 1. The van der Waals surface area contributed by atoms with Crippen molar-refractivity contribution in [3.8, 4) is 11.8 Å². The van der Waals surface area contributed by atoms with Crippen molar-refractivity contribution in [2.75, 3.05) is 13.1 Å². The summed E-state index contributed by atoms with van der Waals surface area (Å²) in [6.07, 6.45) is -3.73. The van der Waals surface area contributed by atoms with Crippen LogP contribution in [-0.2, 0) is 16.1 Å². The summed E-state index contributed by atoms with van der Waals surface area (Å²) >= 11 is 0. The highest BCUT2D eigenvalue weighted by molar-refractivity contribution is 5.84. The molecule has 0 saturated carbocycles. The Labute approximate surface area is 173 Å². The molecular weight excluding hydrogens is 401 g/mol. The Morgan fingerprint density at radius 2 is 2.10 bits per heavy atom. The van der Waals surface area contributed by atoms with E-state index in [0.29, 0.717) is 19.4 Å². The maximum atomic E-state index is 12.6. The second-order valence-electron chi connectivity index (χ2n) is 7.59. The van der Waals surface area contributed by atoms with Crippen molar-refractivity contribution < 1.29 is 27.5 Å². The van der Waals surface area contributed by atoms with E-state index >= 15 is 0 Å². The Bertz CT molecular complexity index is 820. The fourth-order valence-corrected chi connectivity index (χ4v) is 3.20. The van der Waals surface area contributed by atoms with E-state index in [0.717, 1.165) is 6.07 Å². The molecule has 0 bridgehead atoms. The topological polar surface area (TPSA) is 108 Å². The summed E-state index contributed by atoms with van der Waals surface area (Å²) in [7, 11) is 0. The number of ether oxygens (including phenoxy) is 1. The van der Waals surface area contributed by atoms with E-state index in [1.54, 1.807) is 11.0 Å². The van der Waals surface area contributed by atoms with Gasteiger partial charge in [0, 0.05) is 25.2 Å². The number of alkyl halides is 3. The van der Waals surface area contributed by atoms with Gasteiger partial charge in [-0.2, -0.15) is 5.26 Å². The molecule has 1 saturated heterocycles.